The average molecular weight is 385 g/mol. The van der Waals surface area contributed by atoms with Gasteiger partial charge in [0.15, 0.2) is 6.10 Å². The van der Waals surface area contributed by atoms with E-state index in [1.165, 1.54) is 21.8 Å². The number of aryl methyl sites for hydroxylation is 2. The summed E-state index contributed by atoms with van der Waals surface area (Å²) in [4.78, 5) is 27.2. The maximum Gasteiger partial charge on any atom is 0.349 e. The van der Waals surface area contributed by atoms with Gasteiger partial charge in [-0.25, -0.2) is 4.79 Å². The molecule has 0 unspecified atom stereocenters. The molecule has 27 heavy (non-hydrogen) atoms. The number of nitrogens with zero attached hydrogens (tertiary/aromatic N) is 3. The first-order valence-electron chi connectivity index (χ1n) is 8.71. The number of esters is 1. The van der Waals surface area contributed by atoms with Crippen molar-refractivity contribution in [1.29, 1.82) is 0 Å². The number of likely N-dealkylation sites (N-methyl/N-ethyl adjacent to an activating group) is 1. The third-order valence-corrected chi connectivity index (χ3v) is 5.46. The highest BCUT2D eigenvalue weighted by atomic mass is 32.1. The van der Waals surface area contributed by atoms with E-state index in [2.05, 4.69) is 36.3 Å². The minimum Gasteiger partial charge on any atom is -0.448 e. The summed E-state index contributed by atoms with van der Waals surface area (Å²) in [6.45, 7) is 6.19. The van der Waals surface area contributed by atoms with Crippen molar-refractivity contribution in [3.63, 3.8) is 0 Å². The molecule has 1 aromatic carbocycles. The number of aromatic nitrogens is 2. The number of fused-ring (bicyclic) bond motifs is 1. The smallest absolute Gasteiger partial charge is 0.349 e. The molecule has 1 amide bonds. The molecule has 0 bridgehead atoms. The lowest BCUT2D eigenvalue weighted by molar-refractivity contribution is -0.137. The number of carbonyl (C=O) groups is 2. The number of benzene rings is 1. The van der Waals surface area contributed by atoms with Crippen LogP contribution in [-0.2, 0) is 16.1 Å². The number of ether oxygens (including phenoxy) is 1. The first-order valence-corrected chi connectivity index (χ1v) is 9.52. The largest absolute Gasteiger partial charge is 0.448 e. The van der Waals surface area contributed by atoms with Gasteiger partial charge in [-0.2, -0.15) is 5.10 Å². The predicted octanol–water partition coefficient (Wildman–Crippen LogP) is 3.40. The Labute approximate surface area is 162 Å². The Morgan fingerprint density at radius 1 is 1.22 bits per heavy atom. The Morgan fingerprint density at radius 3 is 2.52 bits per heavy atom. The summed E-state index contributed by atoms with van der Waals surface area (Å²) < 4.78 is 7.23. The summed E-state index contributed by atoms with van der Waals surface area (Å²) in [5, 5.41) is 5.53. The third-order valence-electron chi connectivity index (χ3n) is 4.33. The molecule has 142 valence electrons. The van der Waals surface area contributed by atoms with E-state index in [-0.39, 0.29) is 5.91 Å². The van der Waals surface area contributed by atoms with Crippen LogP contribution in [-0.4, -0.2) is 46.8 Å². The summed E-state index contributed by atoms with van der Waals surface area (Å²) >= 11 is 1.34. The molecule has 0 spiro atoms. The SMILES string of the molecule is Cc1ccc(Cn2nc(C)c3cc(C(=O)O[C@@H](C)C(=O)N(C)C)sc32)cc1. The lowest BCUT2D eigenvalue weighted by atomic mass is 10.1. The fraction of sp³-hybridized carbons (Fsp3) is 0.350. The Balaban J connectivity index is 1.83. The quantitative estimate of drug-likeness (QED) is 0.632. The third kappa shape index (κ3) is 4.03. The predicted molar refractivity (Wildman–Crippen MR) is 106 cm³/mol. The summed E-state index contributed by atoms with van der Waals surface area (Å²) in [6.07, 6.45) is -0.817. The van der Waals surface area contributed by atoms with Crippen molar-refractivity contribution in [2.75, 3.05) is 14.1 Å². The van der Waals surface area contributed by atoms with Crippen LogP contribution in [0.3, 0.4) is 0 Å². The highest BCUT2D eigenvalue weighted by Crippen LogP contribution is 2.29. The zero-order valence-electron chi connectivity index (χ0n) is 16.1. The normalized spacial score (nSPS) is 12.2. The number of carbonyl (C=O) groups excluding carboxylic acids is 2. The second-order valence-electron chi connectivity index (χ2n) is 6.84. The average Bonchev–Trinajstić information content (AvgIpc) is 3.18. The molecular weight excluding hydrogens is 362 g/mol. The second kappa shape index (κ2) is 7.52. The lowest BCUT2D eigenvalue weighted by Gasteiger charge is -2.16. The Morgan fingerprint density at radius 2 is 1.89 bits per heavy atom. The van der Waals surface area contributed by atoms with Crippen LogP contribution in [0.5, 0.6) is 0 Å². The second-order valence-corrected chi connectivity index (χ2v) is 7.87. The lowest BCUT2D eigenvalue weighted by Crippen LogP contribution is -2.34. The van der Waals surface area contributed by atoms with Crippen LogP contribution < -0.4 is 0 Å². The van der Waals surface area contributed by atoms with Crippen molar-refractivity contribution >= 4 is 33.4 Å². The van der Waals surface area contributed by atoms with Gasteiger partial charge in [0.2, 0.25) is 0 Å². The van der Waals surface area contributed by atoms with Crippen molar-refractivity contribution < 1.29 is 14.3 Å². The number of rotatable bonds is 5. The molecule has 3 aromatic rings. The topological polar surface area (TPSA) is 64.4 Å². The molecule has 7 heteroatoms. The van der Waals surface area contributed by atoms with Crippen LogP contribution in [0.1, 0.15) is 33.4 Å². The highest BCUT2D eigenvalue weighted by molar-refractivity contribution is 7.20. The molecule has 0 N–H and O–H groups in total. The van der Waals surface area contributed by atoms with Gasteiger partial charge in [0.25, 0.3) is 5.91 Å². The monoisotopic (exact) mass is 385 g/mol. The van der Waals surface area contributed by atoms with Crippen molar-refractivity contribution in [2.24, 2.45) is 0 Å². The summed E-state index contributed by atoms with van der Waals surface area (Å²) in [7, 11) is 3.27. The summed E-state index contributed by atoms with van der Waals surface area (Å²) in [5.41, 5.74) is 3.22. The van der Waals surface area contributed by atoms with Crippen LogP contribution in [0.2, 0.25) is 0 Å². The van der Waals surface area contributed by atoms with E-state index in [9.17, 15) is 9.59 Å². The van der Waals surface area contributed by atoms with Gasteiger partial charge in [-0.15, -0.1) is 11.3 Å². The molecule has 0 saturated heterocycles. The highest BCUT2D eigenvalue weighted by Gasteiger charge is 2.23. The number of hydrogen-bond donors (Lipinski definition) is 0. The standard InChI is InChI=1S/C20H23N3O3S/c1-12-6-8-15(9-7-12)11-23-19-16(13(2)21-23)10-17(27-19)20(25)26-14(3)18(24)22(4)5/h6-10,14H,11H2,1-5H3/t14-/m0/s1. The van der Waals surface area contributed by atoms with Crippen LogP contribution in [0.25, 0.3) is 10.2 Å². The van der Waals surface area contributed by atoms with E-state index in [4.69, 9.17) is 4.74 Å². The minimum atomic E-state index is -0.817. The maximum atomic E-state index is 12.5. The zero-order valence-corrected chi connectivity index (χ0v) is 17.0. The molecule has 2 aromatic heterocycles. The van der Waals surface area contributed by atoms with Crippen molar-refractivity contribution in [1.82, 2.24) is 14.7 Å². The molecule has 0 aliphatic carbocycles. The Kier molecular flexibility index (Phi) is 5.32. The first kappa shape index (κ1) is 19.1. The number of thiophene rings is 1. The van der Waals surface area contributed by atoms with Crippen LogP contribution in [0.15, 0.2) is 30.3 Å². The fourth-order valence-electron chi connectivity index (χ4n) is 2.82. The summed E-state index contributed by atoms with van der Waals surface area (Å²) in [5.74, 6) is -0.730. The van der Waals surface area contributed by atoms with Gasteiger partial charge in [-0.05, 0) is 32.4 Å². The Hall–Kier alpha value is -2.67. The molecule has 0 aliphatic rings. The Bertz CT molecular complexity index is 986. The molecule has 3 rings (SSSR count). The summed E-state index contributed by atoms with van der Waals surface area (Å²) in [6, 6.07) is 10.1. The van der Waals surface area contributed by atoms with E-state index in [0.717, 1.165) is 21.5 Å². The van der Waals surface area contributed by atoms with E-state index in [1.54, 1.807) is 27.1 Å². The van der Waals surface area contributed by atoms with Gasteiger partial charge in [-0.3, -0.25) is 9.48 Å². The van der Waals surface area contributed by atoms with Gasteiger partial charge in [0.05, 0.1) is 12.2 Å². The van der Waals surface area contributed by atoms with E-state index in [0.29, 0.717) is 11.4 Å². The van der Waals surface area contributed by atoms with Crippen molar-refractivity contribution in [3.8, 4) is 0 Å². The van der Waals surface area contributed by atoms with Crippen molar-refractivity contribution in [3.05, 3.63) is 52.0 Å². The first-order chi connectivity index (χ1) is 12.8. The van der Waals surface area contributed by atoms with Crippen LogP contribution >= 0.6 is 11.3 Å². The molecule has 0 radical (unpaired) electrons. The molecule has 6 nitrogen and oxygen atoms in total. The van der Waals surface area contributed by atoms with Crippen LogP contribution in [0.4, 0.5) is 0 Å². The minimum absolute atomic E-state index is 0.244. The van der Waals surface area contributed by atoms with Crippen molar-refractivity contribution in [2.45, 2.75) is 33.4 Å². The van der Waals surface area contributed by atoms with E-state index in [1.807, 2.05) is 11.6 Å². The molecular formula is C20H23N3O3S. The van der Waals surface area contributed by atoms with Gasteiger partial charge in [-0.1, -0.05) is 29.8 Å². The molecule has 0 fully saturated rings. The van der Waals surface area contributed by atoms with Gasteiger partial charge < -0.3 is 9.64 Å². The van der Waals surface area contributed by atoms with Gasteiger partial charge in [0, 0.05) is 19.5 Å². The molecule has 0 aliphatic heterocycles. The zero-order chi connectivity index (χ0) is 19.7. The van der Waals surface area contributed by atoms with Gasteiger partial charge >= 0.3 is 5.97 Å². The maximum absolute atomic E-state index is 12.5. The number of amides is 1. The molecule has 0 saturated carbocycles. The van der Waals surface area contributed by atoms with E-state index < -0.39 is 12.1 Å². The fourth-order valence-corrected chi connectivity index (χ4v) is 3.86. The van der Waals surface area contributed by atoms with E-state index >= 15 is 0 Å². The molecule has 1 atom stereocenters. The number of hydrogen-bond acceptors (Lipinski definition) is 5. The van der Waals surface area contributed by atoms with Gasteiger partial charge in [0.1, 0.15) is 9.71 Å². The van der Waals surface area contributed by atoms with Crippen LogP contribution in [0, 0.1) is 13.8 Å². The molecule has 2 heterocycles.